The van der Waals surface area contributed by atoms with E-state index in [1.54, 1.807) is 27.5 Å². The van der Waals surface area contributed by atoms with E-state index >= 15 is 0 Å². The normalized spacial score (nSPS) is 17.3. The molecule has 1 aromatic heterocycles. The molecule has 1 atom stereocenters. The summed E-state index contributed by atoms with van der Waals surface area (Å²) in [7, 11) is 1.82. The third-order valence-electron chi connectivity index (χ3n) is 4.83. The quantitative estimate of drug-likeness (QED) is 0.803. The van der Waals surface area contributed by atoms with Gasteiger partial charge in [0.2, 0.25) is 5.91 Å². The Morgan fingerprint density at radius 1 is 1.33 bits per heavy atom. The van der Waals surface area contributed by atoms with Gasteiger partial charge < -0.3 is 14.9 Å². The highest BCUT2D eigenvalue weighted by Crippen LogP contribution is 2.30. The van der Waals surface area contributed by atoms with Crippen molar-refractivity contribution in [3.63, 3.8) is 0 Å². The number of aliphatic hydroxyl groups is 1. The fourth-order valence-electron chi connectivity index (χ4n) is 3.38. The van der Waals surface area contributed by atoms with Gasteiger partial charge in [-0.25, -0.2) is 0 Å². The van der Waals surface area contributed by atoms with Crippen LogP contribution in [0.25, 0.3) is 0 Å². The molecule has 0 saturated carbocycles. The lowest BCUT2D eigenvalue weighted by atomic mass is 10.0. The molecular formula is C19H24N4O3S. The number of hydrogen-bond donors (Lipinski definition) is 1. The van der Waals surface area contributed by atoms with Gasteiger partial charge in [-0.05, 0) is 30.9 Å². The second-order valence-corrected chi connectivity index (χ2v) is 7.51. The van der Waals surface area contributed by atoms with Crippen LogP contribution in [-0.2, 0) is 11.8 Å². The second-order valence-electron chi connectivity index (χ2n) is 6.66. The zero-order chi connectivity index (χ0) is 19.6. The Morgan fingerprint density at radius 2 is 2.11 bits per heavy atom. The summed E-state index contributed by atoms with van der Waals surface area (Å²) in [5.74, 6) is -0.375. The van der Waals surface area contributed by atoms with Gasteiger partial charge in [-0.15, -0.1) is 11.8 Å². The zero-order valence-electron chi connectivity index (χ0n) is 15.8. The number of aliphatic hydroxyl groups excluding tert-OH is 1. The van der Waals surface area contributed by atoms with Gasteiger partial charge in [0.25, 0.3) is 5.91 Å². The van der Waals surface area contributed by atoms with Crippen molar-refractivity contribution in [2.75, 3.05) is 32.5 Å². The third-order valence-corrected chi connectivity index (χ3v) is 5.60. The number of carbonyl (C=O) groups is 2. The lowest BCUT2D eigenvalue weighted by Gasteiger charge is -2.41. The number of aromatic nitrogens is 2. The minimum atomic E-state index is -0.526. The van der Waals surface area contributed by atoms with Gasteiger partial charge >= 0.3 is 0 Å². The summed E-state index contributed by atoms with van der Waals surface area (Å²) >= 11 is 1.55. The monoisotopic (exact) mass is 388 g/mol. The van der Waals surface area contributed by atoms with E-state index in [2.05, 4.69) is 5.10 Å². The predicted molar refractivity (Wildman–Crippen MR) is 104 cm³/mol. The Morgan fingerprint density at radius 3 is 2.74 bits per heavy atom. The Kier molecular flexibility index (Phi) is 5.86. The standard InChI is InChI=1S/C19H24N4O3S/c1-13-4-5-15(17(8-13)27-3)19(26)23-7-6-22(18(25)12-24)11-16(23)14-9-20-21(2)10-14/h4-5,8-10,16,24H,6-7,11-12H2,1-3H3. The van der Waals surface area contributed by atoms with Crippen molar-refractivity contribution in [3.8, 4) is 0 Å². The number of aryl methyl sites for hydroxylation is 2. The lowest BCUT2D eigenvalue weighted by Crippen LogP contribution is -2.53. The van der Waals surface area contributed by atoms with Crippen LogP contribution in [-0.4, -0.2) is 69.0 Å². The fourth-order valence-corrected chi connectivity index (χ4v) is 4.06. The molecule has 0 bridgehead atoms. The topological polar surface area (TPSA) is 78.7 Å². The van der Waals surface area contributed by atoms with Gasteiger partial charge in [-0.2, -0.15) is 5.10 Å². The van der Waals surface area contributed by atoms with Gasteiger partial charge in [-0.1, -0.05) is 6.07 Å². The van der Waals surface area contributed by atoms with E-state index in [4.69, 9.17) is 0 Å². The van der Waals surface area contributed by atoms with E-state index < -0.39 is 6.61 Å². The fraction of sp³-hybridized carbons (Fsp3) is 0.421. The highest BCUT2D eigenvalue weighted by atomic mass is 32.2. The molecule has 144 valence electrons. The van der Waals surface area contributed by atoms with Gasteiger partial charge in [-0.3, -0.25) is 14.3 Å². The molecule has 1 saturated heterocycles. The first-order chi connectivity index (χ1) is 12.9. The molecule has 1 aromatic carbocycles. The Bertz CT molecular complexity index is 851. The number of carbonyl (C=O) groups excluding carboxylic acids is 2. The molecule has 27 heavy (non-hydrogen) atoms. The van der Waals surface area contributed by atoms with E-state index in [9.17, 15) is 14.7 Å². The molecule has 2 amide bonds. The van der Waals surface area contributed by atoms with Crippen LogP contribution in [0.3, 0.4) is 0 Å². The van der Waals surface area contributed by atoms with Crippen LogP contribution in [0.2, 0.25) is 0 Å². The van der Waals surface area contributed by atoms with Gasteiger partial charge in [0.05, 0.1) is 17.8 Å². The van der Waals surface area contributed by atoms with Crippen LogP contribution in [0.15, 0.2) is 35.5 Å². The van der Waals surface area contributed by atoms with Crippen molar-refractivity contribution < 1.29 is 14.7 Å². The number of nitrogens with zero attached hydrogens (tertiary/aromatic N) is 4. The summed E-state index contributed by atoms with van der Waals surface area (Å²) in [6.45, 7) is 2.64. The van der Waals surface area contributed by atoms with Crippen molar-refractivity contribution in [2.45, 2.75) is 17.9 Å². The van der Waals surface area contributed by atoms with Crippen molar-refractivity contribution in [2.24, 2.45) is 7.05 Å². The molecule has 8 heteroatoms. The average molecular weight is 388 g/mol. The first kappa shape index (κ1) is 19.4. The van der Waals surface area contributed by atoms with Crippen LogP contribution in [0.1, 0.15) is 27.5 Å². The van der Waals surface area contributed by atoms with Crippen LogP contribution >= 0.6 is 11.8 Å². The van der Waals surface area contributed by atoms with Crippen LogP contribution < -0.4 is 0 Å². The third kappa shape index (κ3) is 4.01. The molecular weight excluding hydrogens is 364 g/mol. The zero-order valence-corrected chi connectivity index (χ0v) is 16.6. The summed E-state index contributed by atoms with van der Waals surface area (Å²) in [5.41, 5.74) is 2.65. The van der Waals surface area contributed by atoms with Crippen LogP contribution in [0.4, 0.5) is 0 Å². The molecule has 2 aromatic rings. The highest BCUT2D eigenvalue weighted by Gasteiger charge is 2.35. The minimum Gasteiger partial charge on any atom is -0.387 e. The SMILES string of the molecule is CSc1cc(C)ccc1C(=O)N1CCN(C(=O)CO)CC1c1cnn(C)c1. The molecule has 1 aliphatic heterocycles. The molecule has 0 aliphatic carbocycles. The maximum absolute atomic E-state index is 13.4. The largest absolute Gasteiger partial charge is 0.387 e. The van der Waals surface area contributed by atoms with Gasteiger partial charge in [0, 0.05) is 43.3 Å². The predicted octanol–water partition coefficient (Wildman–Crippen LogP) is 1.47. The Hall–Kier alpha value is -2.32. The van der Waals surface area contributed by atoms with Crippen LogP contribution in [0.5, 0.6) is 0 Å². The van der Waals surface area contributed by atoms with Crippen molar-refractivity contribution in [1.82, 2.24) is 19.6 Å². The number of piperazine rings is 1. The molecule has 0 spiro atoms. The Balaban J connectivity index is 1.94. The number of hydrogen-bond acceptors (Lipinski definition) is 5. The molecule has 1 fully saturated rings. The average Bonchev–Trinajstić information content (AvgIpc) is 3.12. The number of rotatable bonds is 4. The molecule has 7 nitrogen and oxygen atoms in total. The lowest BCUT2D eigenvalue weighted by molar-refractivity contribution is -0.136. The highest BCUT2D eigenvalue weighted by molar-refractivity contribution is 7.98. The van der Waals surface area contributed by atoms with E-state index in [-0.39, 0.29) is 17.9 Å². The summed E-state index contributed by atoms with van der Waals surface area (Å²) < 4.78 is 1.68. The molecule has 1 aliphatic rings. The summed E-state index contributed by atoms with van der Waals surface area (Å²) in [4.78, 5) is 29.7. The van der Waals surface area contributed by atoms with Crippen molar-refractivity contribution >= 4 is 23.6 Å². The van der Waals surface area contributed by atoms with E-state index in [1.165, 1.54) is 0 Å². The summed E-state index contributed by atoms with van der Waals surface area (Å²) in [5, 5.41) is 13.4. The Labute approximate surface area is 162 Å². The number of amides is 2. The molecule has 3 rings (SSSR count). The number of thioether (sulfide) groups is 1. The molecule has 1 unspecified atom stereocenters. The van der Waals surface area contributed by atoms with E-state index in [0.29, 0.717) is 25.2 Å². The molecule has 2 heterocycles. The molecule has 0 radical (unpaired) electrons. The first-order valence-corrected chi connectivity index (χ1v) is 10.00. The first-order valence-electron chi connectivity index (χ1n) is 8.77. The van der Waals surface area contributed by atoms with Crippen molar-refractivity contribution in [1.29, 1.82) is 0 Å². The smallest absolute Gasteiger partial charge is 0.255 e. The second kappa shape index (κ2) is 8.14. The summed E-state index contributed by atoms with van der Waals surface area (Å²) in [6.07, 6.45) is 5.55. The van der Waals surface area contributed by atoms with Gasteiger partial charge in [0.15, 0.2) is 0 Å². The maximum atomic E-state index is 13.4. The maximum Gasteiger partial charge on any atom is 0.255 e. The van der Waals surface area contributed by atoms with Gasteiger partial charge in [0.1, 0.15) is 6.61 Å². The van der Waals surface area contributed by atoms with Crippen molar-refractivity contribution in [3.05, 3.63) is 47.3 Å². The summed E-state index contributed by atoms with van der Waals surface area (Å²) in [6, 6.07) is 5.53. The molecule has 1 N–H and O–H groups in total. The van der Waals surface area contributed by atoms with E-state index in [1.807, 2.05) is 49.5 Å². The van der Waals surface area contributed by atoms with Crippen LogP contribution in [0, 0.1) is 6.92 Å². The van der Waals surface area contributed by atoms with E-state index in [0.717, 1.165) is 16.0 Å². The minimum absolute atomic E-state index is 0.0516. The number of benzene rings is 1.